The average Bonchev–Trinajstić information content (AvgIpc) is 2.60. The predicted octanol–water partition coefficient (Wildman–Crippen LogP) is 3.08. The highest BCUT2D eigenvalue weighted by Crippen LogP contribution is 2.25. The van der Waals surface area contributed by atoms with Crippen molar-refractivity contribution in [1.29, 1.82) is 5.41 Å². The summed E-state index contributed by atoms with van der Waals surface area (Å²) in [5.41, 5.74) is 0.148. The van der Waals surface area contributed by atoms with E-state index >= 15 is 0 Å². The van der Waals surface area contributed by atoms with Crippen molar-refractivity contribution in [3.05, 3.63) is 69.8 Å². The van der Waals surface area contributed by atoms with Crippen molar-refractivity contribution in [2.24, 2.45) is 0 Å². The molecule has 2 N–H and O–H groups in total. The molecule has 0 atom stereocenters. The zero-order valence-corrected chi connectivity index (χ0v) is 13.1. The largest absolute Gasteiger partial charge is 0.493 e. The summed E-state index contributed by atoms with van der Waals surface area (Å²) < 4.78 is 10.6. The van der Waals surface area contributed by atoms with E-state index < -0.39 is 10.8 Å². The molecule has 0 radical (unpaired) electrons. The summed E-state index contributed by atoms with van der Waals surface area (Å²) in [5.74, 6) is -0.143. The molecule has 25 heavy (non-hydrogen) atoms. The Morgan fingerprint density at radius 3 is 2.72 bits per heavy atom. The molecule has 8 nitrogen and oxygen atoms in total. The Morgan fingerprint density at radius 1 is 1.24 bits per heavy atom. The molecule has 0 saturated heterocycles. The normalized spacial score (nSPS) is 10.4. The zero-order valence-electron chi connectivity index (χ0n) is 13.1. The molecule has 126 valence electrons. The molecule has 3 rings (SSSR count). The molecular formula is C17H13N3O5. The van der Waals surface area contributed by atoms with E-state index in [1.807, 2.05) is 0 Å². The van der Waals surface area contributed by atoms with Crippen LogP contribution in [0.1, 0.15) is 10.4 Å². The summed E-state index contributed by atoms with van der Waals surface area (Å²) in [6, 6.07) is 12.2. The number of hydrogen-bond acceptors (Lipinski definition) is 6. The summed E-state index contributed by atoms with van der Waals surface area (Å²) >= 11 is 0. The molecule has 3 aromatic rings. The number of methoxy groups -OCH3 is 1. The summed E-state index contributed by atoms with van der Waals surface area (Å²) in [5, 5.41) is 21.9. The van der Waals surface area contributed by atoms with Gasteiger partial charge < -0.3 is 14.5 Å². The highest BCUT2D eigenvalue weighted by atomic mass is 16.6. The third-order valence-corrected chi connectivity index (χ3v) is 3.54. The van der Waals surface area contributed by atoms with Crippen molar-refractivity contribution < 1.29 is 18.9 Å². The van der Waals surface area contributed by atoms with E-state index in [-0.39, 0.29) is 22.5 Å². The maximum Gasteiger partial charge on any atom is 0.271 e. The lowest BCUT2D eigenvalue weighted by Gasteiger charge is -2.08. The highest BCUT2D eigenvalue weighted by Gasteiger charge is 2.15. The van der Waals surface area contributed by atoms with Crippen LogP contribution in [0, 0.1) is 15.5 Å². The number of nitro benzene ring substituents is 1. The molecule has 0 bridgehead atoms. The number of non-ortho nitro benzene ring substituents is 1. The Bertz CT molecular complexity index is 1040. The molecule has 1 aromatic heterocycles. The Labute approximate surface area is 141 Å². The second kappa shape index (κ2) is 6.44. The first-order chi connectivity index (χ1) is 12.0. The van der Waals surface area contributed by atoms with Gasteiger partial charge >= 0.3 is 0 Å². The molecule has 0 unspecified atom stereocenters. The minimum atomic E-state index is -0.598. The molecule has 0 saturated carbocycles. The van der Waals surface area contributed by atoms with E-state index in [0.29, 0.717) is 16.7 Å². The molecule has 1 amide bonds. The number of nitro groups is 1. The van der Waals surface area contributed by atoms with E-state index in [2.05, 4.69) is 5.32 Å². The number of carbonyl (C=O) groups is 1. The molecule has 0 aliphatic carbocycles. The second-order valence-corrected chi connectivity index (χ2v) is 5.13. The van der Waals surface area contributed by atoms with E-state index in [4.69, 9.17) is 14.6 Å². The van der Waals surface area contributed by atoms with Gasteiger partial charge in [-0.2, -0.15) is 0 Å². The van der Waals surface area contributed by atoms with Crippen LogP contribution in [0.4, 0.5) is 11.4 Å². The lowest BCUT2D eigenvalue weighted by molar-refractivity contribution is -0.384. The number of hydrogen-bond donors (Lipinski definition) is 2. The van der Waals surface area contributed by atoms with Crippen molar-refractivity contribution in [2.45, 2.75) is 0 Å². The number of nitrogens with zero attached hydrogens (tertiary/aromatic N) is 1. The summed E-state index contributed by atoms with van der Waals surface area (Å²) in [6.45, 7) is 0. The first-order valence-corrected chi connectivity index (χ1v) is 7.21. The lowest BCUT2D eigenvalue weighted by Crippen LogP contribution is -2.20. The fourth-order valence-corrected chi connectivity index (χ4v) is 2.36. The van der Waals surface area contributed by atoms with Crippen molar-refractivity contribution in [3.8, 4) is 5.75 Å². The number of nitrogens with one attached hydrogen (secondary N) is 2. The molecular weight excluding hydrogens is 326 g/mol. The van der Waals surface area contributed by atoms with Crippen LogP contribution in [0.2, 0.25) is 0 Å². The number of carbonyl (C=O) groups excluding carboxylic acids is 1. The van der Waals surface area contributed by atoms with Crippen molar-refractivity contribution in [3.63, 3.8) is 0 Å². The molecule has 1 heterocycles. The monoisotopic (exact) mass is 339 g/mol. The van der Waals surface area contributed by atoms with Crippen LogP contribution >= 0.6 is 0 Å². The number of amides is 1. The van der Waals surface area contributed by atoms with Crippen molar-refractivity contribution in [1.82, 2.24) is 0 Å². The average molecular weight is 339 g/mol. The van der Waals surface area contributed by atoms with Gasteiger partial charge in [-0.1, -0.05) is 18.2 Å². The van der Waals surface area contributed by atoms with Gasteiger partial charge in [0.1, 0.15) is 5.56 Å². The SMILES string of the molecule is COc1cccc2cc(C(=O)Nc3cccc([N+](=O)[O-])c3)c(=N)oc12. The van der Waals surface area contributed by atoms with Gasteiger partial charge in [0.2, 0.25) is 5.55 Å². The first kappa shape index (κ1) is 16.2. The van der Waals surface area contributed by atoms with Gasteiger partial charge in [-0.05, 0) is 18.2 Å². The van der Waals surface area contributed by atoms with Gasteiger partial charge in [0.05, 0.1) is 12.0 Å². The third-order valence-electron chi connectivity index (χ3n) is 3.54. The predicted molar refractivity (Wildman–Crippen MR) is 89.7 cm³/mol. The number of ether oxygens (including phenoxy) is 1. The van der Waals surface area contributed by atoms with Crippen LogP contribution in [0.5, 0.6) is 5.75 Å². The Balaban J connectivity index is 1.97. The summed E-state index contributed by atoms with van der Waals surface area (Å²) in [7, 11) is 1.48. The number of para-hydroxylation sites is 1. The number of fused-ring (bicyclic) bond motifs is 1. The van der Waals surface area contributed by atoms with Crippen LogP contribution in [0.3, 0.4) is 0 Å². The highest BCUT2D eigenvalue weighted by molar-refractivity contribution is 6.05. The second-order valence-electron chi connectivity index (χ2n) is 5.13. The summed E-state index contributed by atoms with van der Waals surface area (Å²) in [4.78, 5) is 22.7. The fraction of sp³-hybridized carbons (Fsp3) is 0.0588. The summed E-state index contributed by atoms with van der Waals surface area (Å²) in [6.07, 6.45) is 0. The van der Waals surface area contributed by atoms with E-state index in [1.54, 1.807) is 18.2 Å². The molecule has 0 aliphatic heterocycles. The van der Waals surface area contributed by atoms with Crippen LogP contribution in [-0.2, 0) is 0 Å². The fourth-order valence-electron chi connectivity index (χ4n) is 2.36. The number of rotatable bonds is 4. The van der Waals surface area contributed by atoms with Crippen LogP contribution in [0.15, 0.2) is 52.9 Å². The van der Waals surface area contributed by atoms with Crippen LogP contribution in [-0.4, -0.2) is 17.9 Å². The van der Waals surface area contributed by atoms with Crippen LogP contribution < -0.4 is 15.6 Å². The van der Waals surface area contributed by atoms with Gasteiger partial charge in [-0.25, -0.2) is 0 Å². The van der Waals surface area contributed by atoms with Crippen molar-refractivity contribution >= 4 is 28.3 Å². The number of anilines is 1. The minimum Gasteiger partial charge on any atom is -0.493 e. The minimum absolute atomic E-state index is 0.00672. The topological polar surface area (TPSA) is 118 Å². The van der Waals surface area contributed by atoms with E-state index in [9.17, 15) is 14.9 Å². The van der Waals surface area contributed by atoms with Crippen molar-refractivity contribution in [2.75, 3.05) is 12.4 Å². The lowest BCUT2D eigenvalue weighted by atomic mass is 10.1. The molecule has 2 aromatic carbocycles. The Hall–Kier alpha value is -3.68. The molecule has 0 fully saturated rings. The van der Waals surface area contributed by atoms with Gasteiger partial charge in [-0.15, -0.1) is 0 Å². The maximum atomic E-state index is 12.4. The smallest absolute Gasteiger partial charge is 0.271 e. The van der Waals surface area contributed by atoms with Crippen LogP contribution in [0.25, 0.3) is 11.0 Å². The third kappa shape index (κ3) is 3.18. The van der Waals surface area contributed by atoms with Gasteiger partial charge in [-0.3, -0.25) is 20.3 Å². The molecule has 8 heteroatoms. The quantitative estimate of drug-likeness (QED) is 0.559. The van der Waals surface area contributed by atoms with Gasteiger partial charge in [0.25, 0.3) is 11.6 Å². The molecule has 0 spiro atoms. The van der Waals surface area contributed by atoms with E-state index in [0.717, 1.165) is 0 Å². The standard InChI is InChI=1S/C17H13N3O5/c1-24-14-7-2-4-10-8-13(16(18)25-15(10)14)17(21)19-11-5-3-6-12(9-11)20(22)23/h2-9,18H,1H3,(H,19,21). The van der Waals surface area contributed by atoms with Gasteiger partial charge in [0, 0.05) is 23.2 Å². The Morgan fingerprint density at radius 2 is 2.00 bits per heavy atom. The first-order valence-electron chi connectivity index (χ1n) is 7.21. The Kier molecular flexibility index (Phi) is 4.17. The maximum absolute atomic E-state index is 12.4. The zero-order chi connectivity index (χ0) is 18.0. The van der Waals surface area contributed by atoms with E-state index in [1.165, 1.54) is 37.4 Å². The molecule has 0 aliphatic rings. The van der Waals surface area contributed by atoms with Gasteiger partial charge in [0.15, 0.2) is 11.3 Å². The number of benzene rings is 2.